The second kappa shape index (κ2) is 8.56. The molecule has 27 heavy (non-hydrogen) atoms. The van der Waals surface area contributed by atoms with E-state index >= 15 is 0 Å². The van der Waals surface area contributed by atoms with Crippen molar-refractivity contribution in [1.82, 2.24) is 25.6 Å². The number of anilines is 1. The number of pyridine rings is 1. The fourth-order valence-electron chi connectivity index (χ4n) is 3.57. The highest BCUT2D eigenvalue weighted by Gasteiger charge is 2.32. The highest BCUT2D eigenvalue weighted by Crippen LogP contribution is 2.30. The molecule has 0 aliphatic carbocycles. The van der Waals surface area contributed by atoms with E-state index in [0.29, 0.717) is 12.1 Å². The van der Waals surface area contributed by atoms with E-state index in [0.717, 1.165) is 56.5 Å². The number of H-pyrrole nitrogens is 1. The molecule has 0 bridgehead atoms. The second-order valence-corrected chi connectivity index (χ2v) is 7.70. The average Bonchev–Trinajstić information content (AvgIpc) is 3.27. The Bertz CT molecular complexity index is 724. The van der Waals surface area contributed by atoms with Crippen molar-refractivity contribution in [3.8, 4) is 0 Å². The van der Waals surface area contributed by atoms with Crippen LogP contribution in [-0.4, -0.2) is 42.7 Å². The molecule has 0 unspecified atom stereocenters. The summed E-state index contributed by atoms with van der Waals surface area (Å²) in [5.74, 6) is 0.930. The number of hydrogen-bond acceptors (Lipinski definition) is 6. The average molecular weight is 372 g/mol. The summed E-state index contributed by atoms with van der Waals surface area (Å²) in [4.78, 5) is 18.6. The van der Waals surface area contributed by atoms with Gasteiger partial charge in [-0.3, -0.25) is 9.78 Å². The van der Waals surface area contributed by atoms with Crippen molar-refractivity contribution in [1.29, 1.82) is 0 Å². The highest BCUT2D eigenvalue weighted by molar-refractivity contribution is 5.96. The largest absolute Gasteiger partial charge is 0.384 e. The van der Waals surface area contributed by atoms with E-state index in [1.54, 1.807) is 26.1 Å². The van der Waals surface area contributed by atoms with E-state index in [1.807, 2.05) is 11.0 Å². The maximum absolute atomic E-state index is 12.4. The number of aliphatic hydroxyl groups is 1. The summed E-state index contributed by atoms with van der Waals surface area (Å²) in [5.41, 5.74) is 0.456. The smallest absolute Gasteiger partial charge is 0.227 e. The quantitative estimate of drug-likeness (QED) is 0.655. The van der Waals surface area contributed by atoms with Crippen LogP contribution in [0.4, 0.5) is 5.69 Å². The molecule has 146 valence electrons. The molecule has 0 radical (unpaired) electrons. The van der Waals surface area contributed by atoms with E-state index in [1.165, 1.54) is 0 Å². The molecule has 1 saturated heterocycles. The minimum absolute atomic E-state index is 0.162. The topological polar surface area (TPSA) is 108 Å². The number of unbranched alkanes of at least 4 members (excludes halogenated alkanes) is 3. The van der Waals surface area contributed by atoms with Crippen molar-refractivity contribution in [2.45, 2.75) is 76.9 Å². The molecule has 2 N–H and O–H groups in total. The van der Waals surface area contributed by atoms with Gasteiger partial charge >= 0.3 is 0 Å². The van der Waals surface area contributed by atoms with Crippen LogP contribution in [0.5, 0.6) is 0 Å². The Morgan fingerprint density at radius 1 is 1.26 bits per heavy atom. The van der Waals surface area contributed by atoms with Gasteiger partial charge in [-0.2, -0.15) is 5.21 Å². The summed E-state index contributed by atoms with van der Waals surface area (Å²) in [6, 6.07) is 3.93. The summed E-state index contributed by atoms with van der Waals surface area (Å²) >= 11 is 0. The van der Waals surface area contributed by atoms with Gasteiger partial charge in [0.25, 0.3) is 0 Å². The molecule has 2 aromatic heterocycles. The molecule has 1 aliphatic heterocycles. The number of carbonyl (C=O) groups is 1. The first-order valence-electron chi connectivity index (χ1n) is 9.68. The lowest BCUT2D eigenvalue weighted by molar-refractivity contribution is -0.117. The zero-order valence-corrected chi connectivity index (χ0v) is 16.1. The van der Waals surface area contributed by atoms with Crippen LogP contribution >= 0.6 is 0 Å². The van der Waals surface area contributed by atoms with Crippen LogP contribution < -0.4 is 4.90 Å². The SMILES string of the molecule is CC(C)(O)c1ccc(N2C(=O)CC[C@H]2CCCCCCc2nn[nH]n2)cn1. The summed E-state index contributed by atoms with van der Waals surface area (Å²) < 4.78 is 0. The predicted octanol–water partition coefficient (Wildman–Crippen LogP) is 2.51. The Morgan fingerprint density at radius 2 is 2.07 bits per heavy atom. The van der Waals surface area contributed by atoms with E-state index in [2.05, 4.69) is 25.6 Å². The van der Waals surface area contributed by atoms with Gasteiger partial charge in [-0.1, -0.05) is 24.5 Å². The Labute approximate surface area is 159 Å². The van der Waals surface area contributed by atoms with Crippen LogP contribution in [0.15, 0.2) is 18.3 Å². The molecule has 8 nitrogen and oxygen atoms in total. The first-order valence-corrected chi connectivity index (χ1v) is 9.68. The molecule has 1 aliphatic rings. The predicted molar refractivity (Wildman–Crippen MR) is 101 cm³/mol. The Hall–Kier alpha value is -2.35. The van der Waals surface area contributed by atoms with E-state index < -0.39 is 5.60 Å². The molecule has 0 saturated carbocycles. The Kier molecular flexibility index (Phi) is 6.15. The van der Waals surface area contributed by atoms with Gasteiger partial charge in [-0.25, -0.2) is 0 Å². The first-order chi connectivity index (χ1) is 12.9. The van der Waals surface area contributed by atoms with Crippen LogP contribution in [-0.2, 0) is 16.8 Å². The number of aromatic amines is 1. The fourth-order valence-corrected chi connectivity index (χ4v) is 3.57. The lowest BCUT2D eigenvalue weighted by Gasteiger charge is -2.25. The maximum atomic E-state index is 12.4. The highest BCUT2D eigenvalue weighted by atomic mass is 16.3. The lowest BCUT2D eigenvalue weighted by atomic mass is 10.0. The Morgan fingerprint density at radius 3 is 2.74 bits per heavy atom. The van der Waals surface area contributed by atoms with Gasteiger partial charge in [-0.05, 0) is 45.2 Å². The molecular weight excluding hydrogens is 344 g/mol. The number of aromatic nitrogens is 5. The zero-order valence-electron chi connectivity index (χ0n) is 16.1. The fraction of sp³-hybridized carbons (Fsp3) is 0.632. The molecule has 3 heterocycles. The summed E-state index contributed by atoms with van der Waals surface area (Å²) in [6.07, 6.45) is 9.44. The number of aryl methyl sites for hydroxylation is 1. The first kappa shape index (κ1) is 19.4. The van der Waals surface area contributed by atoms with Gasteiger partial charge < -0.3 is 10.0 Å². The molecule has 3 rings (SSSR count). The molecule has 2 aromatic rings. The van der Waals surface area contributed by atoms with Gasteiger partial charge in [-0.15, -0.1) is 10.2 Å². The molecule has 1 fully saturated rings. The standard InChI is InChI=1S/C19H28N6O2/c1-19(2,27)16-11-9-15(13-20-16)25-14(10-12-18(25)26)7-5-3-4-6-8-17-21-23-24-22-17/h9,11,13-14,27H,3-8,10,12H2,1-2H3,(H,21,22,23,24)/t14-/m1/s1. The van der Waals surface area contributed by atoms with E-state index in [9.17, 15) is 9.90 Å². The molecule has 1 atom stereocenters. The third-order valence-electron chi connectivity index (χ3n) is 5.06. The third-order valence-corrected chi connectivity index (χ3v) is 5.06. The molecule has 8 heteroatoms. The third kappa shape index (κ3) is 5.09. The molecule has 1 amide bonds. The number of hydrogen-bond donors (Lipinski definition) is 2. The molecular formula is C19H28N6O2. The minimum atomic E-state index is -0.978. The minimum Gasteiger partial charge on any atom is -0.384 e. The van der Waals surface area contributed by atoms with Crippen LogP contribution in [0, 0.1) is 0 Å². The monoisotopic (exact) mass is 372 g/mol. The van der Waals surface area contributed by atoms with E-state index in [-0.39, 0.29) is 11.9 Å². The van der Waals surface area contributed by atoms with Gasteiger partial charge in [0.2, 0.25) is 5.91 Å². The van der Waals surface area contributed by atoms with E-state index in [4.69, 9.17) is 0 Å². The molecule has 0 spiro atoms. The number of tetrazole rings is 1. The summed E-state index contributed by atoms with van der Waals surface area (Å²) in [5, 5.41) is 24.0. The van der Waals surface area contributed by atoms with Crippen molar-refractivity contribution in [2.24, 2.45) is 0 Å². The van der Waals surface area contributed by atoms with Crippen LogP contribution in [0.3, 0.4) is 0 Å². The number of nitrogens with zero attached hydrogens (tertiary/aromatic N) is 5. The van der Waals surface area contributed by atoms with Gasteiger partial charge in [0.15, 0.2) is 5.82 Å². The van der Waals surface area contributed by atoms with Gasteiger partial charge in [0.1, 0.15) is 5.60 Å². The van der Waals surface area contributed by atoms with Crippen molar-refractivity contribution < 1.29 is 9.90 Å². The lowest BCUT2D eigenvalue weighted by Crippen LogP contribution is -2.33. The van der Waals surface area contributed by atoms with Crippen molar-refractivity contribution in [3.05, 3.63) is 29.8 Å². The summed E-state index contributed by atoms with van der Waals surface area (Å²) in [7, 11) is 0. The zero-order chi connectivity index (χ0) is 19.3. The van der Waals surface area contributed by atoms with Crippen molar-refractivity contribution in [2.75, 3.05) is 4.90 Å². The van der Waals surface area contributed by atoms with Gasteiger partial charge in [0.05, 0.1) is 17.6 Å². The van der Waals surface area contributed by atoms with Crippen molar-refractivity contribution in [3.63, 3.8) is 0 Å². The maximum Gasteiger partial charge on any atom is 0.227 e. The number of carbonyl (C=O) groups excluding carboxylic acids is 1. The second-order valence-electron chi connectivity index (χ2n) is 7.70. The Balaban J connectivity index is 1.47. The van der Waals surface area contributed by atoms with Crippen LogP contribution in [0.25, 0.3) is 0 Å². The van der Waals surface area contributed by atoms with Crippen LogP contribution in [0.1, 0.15) is 70.3 Å². The number of nitrogens with one attached hydrogen (secondary N) is 1. The number of amides is 1. The van der Waals surface area contributed by atoms with Crippen LogP contribution in [0.2, 0.25) is 0 Å². The number of rotatable bonds is 9. The van der Waals surface area contributed by atoms with Crippen molar-refractivity contribution >= 4 is 11.6 Å². The normalized spacial score (nSPS) is 17.7. The summed E-state index contributed by atoms with van der Waals surface area (Å²) in [6.45, 7) is 3.41. The van der Waals surface area contributed by atoms with Gasteiger partial charge in [0, 0.05) is 18.9 Å². The molecule has 0 aromatic carbocycles.